The predicted molar refractivity (Wildman–Crippen MR) is 93.6 cm³/mol. The van der Waals surface area contributed by atoms with Crippen LogP contribution in [-0.4, -0.2) is 44.0 Å². The molecule has 1 fully saturated rings. The highest BCUT2D eigenvalue weighted by molar-refractivity contribution is 5.87. The minimum atomic E-state index is -0.923. The minimum absolute atomic E-state index is 0.0597. The van der Waals surface area contributed by atoms with Crippen LogP contribution in [0.1, 0.15) is 18.4 Å². The van der Waals surface area contributed by atoms with Crippen molar-refractivity contribution < 1.29 is 14.7 Å². The van der Waals surface area contributed by atoms with Gasteiger partial charge in [0.2, 0.25) is 5.91 Å². The number of nitrogens with zero attached hydrogens (tertiary/aromatic N) is 3. The molecule has 3 rings (SSSR count). The van der Waals surface area contributed by atoms with E-state index in [4.69, 9.17) is 0 Å². The van der Waals surface area contributed by atoms with E-state index in [1.807, 2.05) is 53.2 Å². The van der Waals surface area contributed by atoms with Gasteiger partial charge in [-0.05, 0) is 12.0 Å². The zero-order valence-corrected chi connectivity index (χ0v) is 13.9. The average Bonchev–Trinajstić information content (AvgIpc) is 3.23. The molecule has 2 heterocycles. The highest BCUT2D eigenvalue weighted by atomic mass is 16.4. The highest BCUT2D eigenvalue weighted by Gasteiger charge is 2.41. The van der Waals surface area contributed by atoms with Crippen LogP contribution in [0.4, 0.5) is 0 Å². The first kappa shape index (κ1) is 17.0. The van der Waals surface area contributed by atoms with Gasteiger partial charge in [-0.15, -0.1) is 0 Å². The molecule has 6 heteroatoms. The fourth-order valence-corrected chi connectivity index (χ4v) is 3.17. The molecule has 0 radical (unpaired) electrons. The molecule has 1 aliphatic heterocycles. The molecular formula is C19H21N3O3. The molecule has 0 spiro atoms. The normalized spacial score (nSPS) is 20.5. The Hall–Kier alpha value is -2.89. The second kappa shape index (κ2) is 7.79. The van der Waals surface area contributed by atoms with Crippen LogP contribution in [0.15, 0.2) is 55.1 Å². The van der Waals surface area contributed by atoms with Crippen molar-refractivity contribution in [3.8, 4) is 0 Å². The predicted octanol–water partition coefficient (Wildman–Crippen LogP) is 2.29. The number of likely N-dealkylation sites (tertiary alicyclic amines) is 1. The number of hydrogen-bond donors (Lipinski definition) is 1. The van der Waals surface area contributed by atoms with Gasteiger partial charge in [0.25, 0.3) is 0 Å². The van der Waals surface area contributed by atoms with Gasteiger partial charge in [-0.2, -0.15) is 0 Å². The van der Waals surface area contributed by atoms with Gasteiger partial charge >= 0.3 is 5.97 Å². The standard InChI is InChI=1S/C19H21N3O3/c23-18-13-16(19(24)25)17(8-7-15-5-2-1-3-6-15)22(18)11-4-10-21-12-9-20-14-21/h1-3,5-9,12,14,16-17H,4,10-11,13H2,(H,24,25)/b8-7+/t16-,17+/m1/s1. The Kier molecular flexibility index (Phi) is 5.28. The summed E-state index contributed by atoms with van der Waals surface area (Å²) in [4.78, 5) is 29.5. The molecule has 130 valence electrons. The van der Waals surface area contributed by atoms with Crippen molar-refractivity contribution in [2.45, 2.75) is 25.4 Å². The van der Waals surface area contributed by atoms with Gasteiger partial charge in [0.1, 0.15) is 0 Å². The lowest BCUT2D eigenvalue weighted by molar-refractivity contribution is -0.142. The van der Waals surface area contributed by atoms with E-state index < -0.39 is 17.9 Å². The summed E-state index contributed by atoms with van der Waals surface area (Å²) in [6, 6.07) is 9.28. The summed E-state index contributed by atoms with van der Waals surface area (Å²) in [5, 5.41) is 9.47. The molecule has 1 N–H and O–H groups in total. The van der Waals surface area contributed by atoms with E-state index in [9.17, 15) is 14.7 Å². The molecule has 1 saturated heterocycles. The largest absolute Gasteiger partial charge is 0.481 e. The summed E-state index contributed by atoms with van der Waals surface area (Å²) >= 11 is 0. The number of carboxylic acid groups (broad SMARTS) is 1. The fraction of sp³-hybridized carbons (Fsp3) is 0.316. The zero-order chi connectivity index (χ0) is 17.6. The Morgan fingerprint density at radius 2 is 2.08 bits per heavy atom. The highest BCUT2D eigenvalue weighted by Crippen LogP contribution is 2.28. The van der Waals surface area contributed by atoms with E-state index in [0.717, 1.165) is 18.5 Å². The molecule has 6 nitrogen and oxygen atoms in total. The maximum Gasteiger partial charge on any atom is 0.309 e. The van der Waals surface area contributed by atoms with Crippen molar-refractivity contribution in [2.75, 3.05) is 6.54 Å². The first-order valence-corrected chi connectivity index (χ1v) is 8.36. The maximum absolute atomic E-state index is 12.3. The summed E-state index contributed by atoms with van der Waals surface area (Å²) in [7, 11) is 0. The minimum Gasteiger partial charge on any atom is -0.481 e. The van der Waals surface area contributed by atoms with E-state index in [2.05, 4.69) is 4.98 Å². The van der Waals surface area contributed by atoms with Crippen molar-refractivity contribution in [3.05, 3.63) is 60.7 Å². The summed E-state index contributed by atoms with van der Waals surface area (Å²) in [5.74, 6) is -1.71. The second-order valence-electron chi connectivity index (χ2n) is 6.15. The number of imidazole rings is 1. The van der Waals surface area contributed by atoms with Gasteiger partial charge < -0.3 is 14.6 Å². The number of amides is 1. The lowest BCUT2D eigenvalue weighted by atomic mass is 9.99. The molecule has 0 unspecified atom stereocenters. The smallest absolute Gasteiger partial charge is 0.309 e. The molecule has 1 aromatic heterocycles. The van der Waals surface area contributed by atoms with E-state index >= 15 is 0 Å². The Labute approximate surface area is 146 Å². The molecule has 25 heavy (non-hydrogen) atoms. The number of hydrogen-bond acceptors (Lipinski definition) is 3. The maximum atomic E-state index is 12.3. The number of aromatic nitrogens is 2. The first-order chi connectivity index (χ1) is 12.1. The summed E-state index contributed by atoms with van der Waals surface area (Å²) < 4.78 is 1.95. The van der Waals surface area contributed by atoms with Gasteiger partial charge in [0, 0.05) is 31.9 Å². The number of aryl methyl sites for hydroxylation is 1. The van der Waals surface area contributed by atoms with Gasteiger partial charge in [-0.1, -0.05) is 42.5 Å². The summed E-state index contributed by atoms with van der Waals surface area (Å²) in [6.45, 7) is 1.28. The van der Waals surface area contributed by atoms with E-state index in [1.54, 1.807) is 17.4 Å². The number of carbonyl (C=O) groups is 2. The summed E-state index contributed by atoms with van der Waals surface area (Å²) in [6.07, 6.45) is 9.87. The molecule has 1 amide bonds. The molecule has 0 bridgehead atoms. The van der Waals surface area contributed by atoms with E-state index in [-0.39, 0.29) is 12.3 Å². The van der Waals surface area contributed by atoms with Gasteiger partial charge in [0.05, 0.1) is 18.3 Å². The van der Waals surface area contributed by atoms with Crippen molar-refractivity contribution >= 4 is 18.0 Å². The Bertz CT molecular complexity index is 741. The topological polar surface area (TPSA) is 75.4 Å². The quantitative estimate of drug-likeness (QED) is 0.840. The monoisotopic (exact) mass is 339 g/mol. The Balaban J connectivity index is 1.70. The van der Waals surface area contributed by atoms with E-state index in [0.29, 0.717) is 6.54 Å². The van der Waals surface area contributed by atoms with Crippen molar-refractivity contribution in [3.63, 3.8) is 0 Å². The fourth-order valence-electron chi connectivity index (χ4n) is 3.17. The number of carbonyl (C=O) groups excluding carboxylic acids is 1. The average molecular weight is 339 g/mol. The van der Waals surface area contributed by atoms with Gasteiger partial charge in [-0.25, -0.2) is 4.98 Å². The summed E-state index contributed by atoms with van der Waals surface area (Å²) in [5.41, 5.74) is 0.990. The first-order valence-electron chi connectivity index (χ1n) is 8.36. The third kappa shape index (κ3) is 4.15. The van der Waals surface area contributed by atoms with Crippen LogP contribution >= 0.6 is 0 Å². The van der Waals surface area contributed by atoms with Crippen molar-refractivity contribution in [1.29, 1.82) is 0 Å². The molecule has 1 aliphatic rings. The second-order valence-corrected chi connectivity index (χ2v) is 6.15. The van der Waals surface area contributed by atoms with Crippen LogP contribution in [0.2, 0.25) is 0 Å². The third-order valence-corrected chi connectivity index (χ3v) is 4.46. The van der Waals surface area contributed by atoms with Crippen LogP contribution in [0.3, 0.4) is 0 Å². The van der Waals surface area contributed by atoms with Gasteiger partial charge in [-0.3, -0.25) is 9.59 Å². The molecular weight excluding hydrogens is 318 g/mol. The van der Waals surface area contributed by atoms with Crippen LogP contribution in [-0.2, 0) is 16.1 Å². The lowest BCUT2D eigenvalue weighted by Crippen LogP contribution is -2.36. The van der Waals surface area contributed by atoms with Crippen molar-refractivity contribution in [1.82, 2.24) is 14.5 Å². The molecule has 1 aromatic carbocycles. The van der Waals surface area contributed by atoms with Crippen molar-refractivity contribution in [2.24, 2.45) is 5.92 Å². The SMILES string of the molecule is O=C(O)[C@@H]1CC(=O)N(CCCn2ccnc2)[C@H]1/C=C/c1ccccc1. The number of aliphatic carboxylic acids is 1. The van der Waals surface area contributed by atoms with E-state index in [1.165, 1.54) is 0 Å². The van der Waals surface area contributed by atoms with Crippen LogP contribution in [0.25, 0.3) is 6.08 Å². The van der Waals surface area contributed by atoms with Crippen LogP contribution < -0.4 is 0 Å². The van der Waals surface area contributed by atoms with Gasteiger partial charge in [0.15, 0.2) is 0 Å². The molecule has 0 saturated carbocycles. The number of benzene rings is 1. The molecule has 0 aliphatic carbocycles. The Morgan fingerprint density at radius 3 is 2.76 bits per heavy atom. The molecule has 2 atom stereocenters. The number of rotatable bonds is 7. The Morgan fingerprint density at radius 1 is 1.28 bits per heavy atom. The van der Waals surface area contributed by atoms with Crippen LogP contribution in [0, 0.1) is 5.92 Å². The van der Waals surface area contributed by atoms with Crippen LogP contribution in [0.5, 0.6) is 0 Å². The lowest BCUT2D eigenvalue weighted by Gasteiger charge is -2.24. The molecule has 2 aromatic rings. The number of carboxylic acids is 1. The zero-order valence-electron chi connectivity index (χ0n) is 13.9. The third-order valence-electron chi connectivity index (χ3n) is 4.46.